The molecule has 1 atom stereocenters. The van der Waals surface area contributed by atoms with Crippen molar-refractivity contribution >= 4 is 22.9 Å². The molecule has 1 unspecified atom stereocenters. The van der Waals surface area contributed by atoms with Gasteiger partial charge in [-0.15, -0.1) is 11.3 Å². The van der Waals surface area contributed by atoms with Crippen molar-refractivity contribution < 1.29 is 4.39 Å². The molecule has 0 saturated carbocycles. The molecule has 0 fully saturated rings. The highest BCUT2D eigenvalue weighted by molar-refractivity contribution is 7.10. The van der Waals surface area contributed by atoms with Crippen molar-refractivity contribution in [3.63, 3.8) is 0 Å². The van der Waals surface area contributed by atoms with Crippen molar-refractivity contribution in [3.05, 3.63) is 56.5 Å². The van der Waals surface area contributed by atoms with Gasteiger partial charge in [0.25, 0.3) is 0 Å². The molecule has 4 heteroatoms. The second-order valence-corrected chi connectivity index (χ2v) is 5.37. The number of hydrogen-bond acceptors (Lipinski definition) is 2. The number of aryl methyl sites for hydroxylation is 1. The van der Waals surface area contributed by atoms with E-state index in [9.17, 15) is 4.39 Å². The minimum Gasteiger partial charge on any atom is -0.323 e. The Morgan fingerprint density at radius 1 is 1.41 bits per heavy atom. The van der Waals surface area contributed by atoms with Gasteiger partial charge < -0.3 is 5.73 Å². The van der Waals surface area contributed by atoms with Crippen LogP contribution in [0.2, 0.25) is 5.02 Å². The van der Waals surface area contributed by atoms with E-state index in [4.69, 9.17) is 17.3 Å². The van der Waals surface area contributed by atoms with Gasteiger partial charge in [-0.3, -0.25) is 0 Å². The van der Waals surface area contributed by atoms with Crippen molar-refractivity contribution in [2.75, 3.05) is 0 Å². The molecule has 1 aromatic heterocycles. The fourth-order valence-electron chi connectivity index (χ4n) is 1.79. The summed E-state index contributed by atoms with van der Waals surface area (Å²) in [5.74, 6) is -0.278. The van der Waals surface area contributed by atoms with Gasteiger partial charge in [-0.2, -0.15) is 0 Å². The van der Waals surface area contributed by atoms with E-state index in [0.29, 0.717) is 11.4 Å². The van der Waals surface area contributed by atoms with Gasteiger partial charge in [0.15, 0.2) is 0 Å². The summed E-state index contributed by atoms with van der Waals surface area (Å²) < 4.78 is 13.1. The Morgan fingerprint density at radius 2 is 2.18 bits per heavy atom. The Kier molecular flexibility index (Phi) is 3.82. The first-order valence-corrected chi connectivity index (χ1v) is 6.57. The largest absolute Gasteiger partial charge is 0.323 e. The molecule has 17 heavy (non-hydrogen) atoms. The first-order valence-electron chi connectivity index (χ1n) is 5.31. The van der Waals surface area contributed by atoms with Crippen LogP contribution in [-0.4, -0.2) is 0 Å². The number of nitrogens with two attached hydrogens (primary N) is 1. The van der Waals surface area contributed by atoms with Gasteiger partial charge in [-0.25, -0.2) is 4.39 Å². The number of halogens is 2. The maximum absolute atomic E-state index is 13.1. The second kappa shape index (κ2) is 5.17. The maximum atomic E-state index is 13.1. The first-order chi connectivity index (χ1) is 8.08. The third kappa shape index (κ3) is 2.86. The van der Waals surface area contributed by atoms with Crippen LogP contribution >= 0.6 is 22.9 Å². The zero-order valence-electron chi connectivity index (χ0n) is 9.41. The van der Waals surface area contributed by atoms with Gasteiger partial charge in [0.05, 0.1) is 0 Å². The molecule has 0 bridgehead atoms. The molecule has 1 aromatic carbocycles. The van der Waals surface area contributed by atoms with Crippen molar-refractivity contribution in [2.45, 2.75) is 19.4 Å². The Labute approximate surface area is 109 Å². The van der Waals surface area contributed by atoms with Gasteiger partial charge in [-0.05, 0) is 54.1 Å². The number of thiophene rings is 1. The standard InChI is InChI=1S/C13H13ClFNS/c1-8-4-5-17-13(8)12(16)7-9-6-10(15)2-3-11(9)14/h2-6,12H,7,16H2,1H3. The molecule has 0 aliphatic rings. The summed E-state index contributed by atoms with van der Waals surface area (Å²) in [7, 11) is 0. The summed E-state index contributed by atoms with van der Waals surface area (Å²) in [4.78, 5) is 1.13. The van der Waals surface area contributed by atoms with Gasteiger partial charge in [0, 0.05) is 15.9 Å². The molecule has 1 heterocycles. The van der Waals surface area contributed by atoms with Crippen LogP contribution < -0.4 is 5.73 Å². The molecule has 0 aliphatic carbocycles. The molecule has 0 spiro atoms. The third-order valence-electron chi connectivity index (χ3n) is 2.69. The first kappa shape index (κ1) is 12.6. The van der Waals surface area contributed by atoms with E-state index in [2.05, 4.69) is 0 Å². The van der Waals surface area contributed by atoms with Crippen molar-refractivity contribution in [1.82, 2.24) is 0 Å². The molecule has 0 aliphatic heterocycles. The summed E-state index contributed by atoms with van der Waals surface area (Å²) in [6.45, 7) is 2.03. The highest BCUT2D eigenvalue weighted by atomic mass is 35.5. The number of benzene rings is 1. The van der Waals surface area contributed by atoms with Crippen LogP contribution in [0.25, 0.3) is 0 Å². The average Bonchev–Trinajstić information content (AvgIpc) is 2.70. The third-order valence-corrected chi connectivity index (χ3v) is 4.21. The highest BCUT2D eigenvalue weighted by Gasteiger charge is 2.13. The van der Waals surface area contributed by atoms with Crippen LogP contribution in [0.4, 0.5) is 4.39 Å². The van der Waals surface area contributed by atoms with E-state index >= 15 is 0 Å². The maximum Gasteiger partial charge on any atom is 0.123 e. The van der Waals surface area contributed by atoms with Crippen LogP contribution in [0.5, 0.6) is 0 Å². The number of rotatable bonds is 3. The predicted octanol–water partition coefficient (Wildman–Crippen LogP) is 4.09. The summed E-state index contributed by atoms with van der Waals surface area (Å²) in [6, 6.07) is 6.28. The monoisotopic (exact) mass is 269 g/mol. The molecule has 90 valence electrons. The van der Waals surface area contributed by atoms with E-state index in [1.54, 1.807) is 17.4 Å². The van der Waals surface area contributed by atoms with E-state index < -0.39 is 0 Å². The van der Waals surface area contributed by atoms with Crippen LogP contribution in [0.3, 0.4) is 0 Å². The lowest BCUT2D eigenvalue weighted by molar-refractivity contribution is 0.622. The molecule has 0 amide bonds. The second-order valence-electron chi connectivity index (χ2n) is 4.01. The zero-order valence-corrected chi connectivity index (χ0v) is 11.0. The molecule has 0 radical (unpaired) electrons. The van der Waals surface area contributed by atoms with Crippen LogP contribution in [0.15, 0.2) is 29.6 Å². The van der Waals surface area contributed by atoms with E-state index in [0.717, 1.165) is 10.4 Å². The smallest absolute Gasteiger partial charge is 0.123 e. The average molecular weight is 270 g/mol. The van der Waals surface area contributed by atoms with Gasteiger partial charge >= 0.3 is 0 Å². The molecule has 2 N–H and O–H groups in total. The lowest BCUT2D eigenvalue weighted by atomic mass is 10.0. The van der Waals surface area contributed by atoms with Crippen LogP contribution in [-0.2, 0) is 6.42 Å². The Morgan fingerprint density at radius 3 is 2.82 bits per heavy atom. The summed E-state index contributed by atoms with van der Waals surface area (Å²) in [6.07, 6.45) is 0.554. The molecular weight excluding hydrogens is 257 g/mol. The molecule has 2 aromatic rings. The summed E-state index contributed by atoms with van der Waals surface area (Å²) >= 11 is 7.65. The van der Waals surface area contributed by atoms with Gasteiger partial charge in [-0.1, -0.05) is 11.6 Å². The SMILES string of the molecule is Cc1ccsc1C(N)Cc1cc(F)ccc1Cl. The normalized spacial score (nSPS) is 12.7. The molecule has 0 saturated heterocycles. The van der Waals surface area contributed by atoms with Crippen LogP contribution in [0.1, 0.15) is 22.0 Å². The predicted molar refractivity (Wildman–Crippen MR) is 71.1 cm³/mol. The minimum absolute atomic E-state index is 0.130. The van der Waals surface area contributed by atoms with E-state index in [1.165, 1.54) is 17.7 Å². The Bertz CT molecular complexity index is 524. The van der Waals surface area contributed by atoms with Crippen molar-refractivity contribution in [3.8, 4) is 0 Å². The van der Waals surface area contributed by atoms with Crippen LogP contribution in [0, 0.1) is 12.7 Å². The molecule has 1 nitrogen and oxygen atoms in total. The lowest BCUT2D eigenvalue weighted by Crippen LogP contribution is -2.13. The molecular formula is C13H13ClFNS. The van der Waals surface area contributed by atoms with Crippen molar-refractivity contribution in [2.24, 2.45) is 5.73 Å². The molecule has 2 rings (SSSR count). The van der Waals surface area contributed by atoms with Gasteiger partial charge in [0.2, 0.25) is 0 Å². The summed E-state index contributed by atoms with van der Waals surface area (Å²) in [5, 5.41) is 2.58. The topological polar surface area (TPSA) is 26.0 Å². The minimum atomic E-state index is -0.278. The number of hydrogen-bond donors (Lipinski definition) is 1. The fraction of sp³-hybridized carbons (Fsp3) is 0.231. The lowest BCUT2D eigenvalue weighted by Gasteiger charge is -2.12. The quantitative estimate of drug-likeness (QED) is 0.892. The Balaban J connectivity index is 2.21. The van der Waals surface area contributed by atoms with Crippen molar-refractivity contribution in [1.29, 1.82) is 0 Å². The van der Waals surface area contributed by atoms with E-state index in [1.807, 2.05) is 18.4 Å². The van der Waals surface area contributed by atoms with E-state index in [-0.39, 0.29) is 11.9 Å². The Hall–Kier alpha value is -0.900. The zero-order chi connectivity index (χ0) is 12.4. The van der Waals surface area contributed by atoms with Gasteiger partial charge in [0.1, 0.15) is 5.82 Å². The summed E-state index contributed by atoms with van der Waals surface area (Å²) in [5.41, 5.74) is 8.05. The fourth-order valence-corrected chi connectivity index (χ4v) is 2.92. The highest BCUT2D eigenvalue weighted by Crippen LogP contribution is 2.27.